The molecule has 0 aromatic heterocycles. The van der Waals surface area contributed by atoms with Crippen LogP contribution in [0.15, 0.2) is 132 Å². The summed E-state index contributed by atoms with van der Waals surface area (Å²) < 4.78 is 22.1. The van der Waals surface area contributed by atoms with E-state index in [1.54, 1.807) is 13.8 Å². The average molecular weight is 765 g/mol. The molecule has 12 heteroatoms. The van der Waals surface area contributed by atoms with E-state index < -0.39 is 0 Å². The molecule has 0 saturated heterocycles. The van der Waals surface area contributed by atoms with Crippen LogP contribution in [0.4, 0.5) is 0 Å². The van der Waals surface area contributed by atoms with Crippen LogP contribution in [0.5, 0.6) is 11.5 Å². The Bertz CT molecular complexity index is 1840. The first-order chi connectivity index (χ1) is 26.2. The number of benzene rings is 4. The second kappa shape index (κ2) is 19.4. The summed E-state index contributed by atoms with van der Waals surface area (Å²) >= 11 is 10.5. The lowest BCUT2D eigenvalue weighted by Crippen LogP contribution is -2.45. The van der Waals surface area contributed by atoms with Crippen molar-refractivity contribution in [2.24, 2.45) is 0 Å². The van der Waals surface area contributed by atoms with Gasteiger partial charge in [0.05, 0.1) is 36.4 Å². The second-order valence-corrected chi connectivity index (χ2v) is 13.1. The highest BCUT2D eigenvalue weighted by Crippen LogP contribution is 2.30. The molecule has 0 bridgehead atoms. The molecule has 0 spiro atoms. The van der Waals surface area contributed by atoms with Crippen molar-refractivity contribution in [3.05, 3.63) is 154 Å². The van der Waals surface area contributed by atoms with Gasteiger partial charge in [0.15, 0.2) is 10.2 Å². The molecule has 2 heterocycles. The number of hydrogen-bond acceptors (Lipinski definition) is 8. The maximum absolute atomic E-state index is 12.4. The highest BCUT2D eigenvalue weighted by Gasteiger charge is 2.32. The zero-order valence-corrected chi connectivity index (χ0v) is 32.3. The van der Waals surface area contributed by atoms with E-state index in [9.17, 15) is 9.59 Å². The number of rotatable bonds is 12. The van der Waals surface area contributed by atoms with E-state index in [2.05, 4.69) is 21.3 Å². The fraction of sp³-hybridized carbons (Fsp3) is 0.238. The number of carbonyl (C=O) groups excluding carboxylic acids is 2. The van der Waals surface area contributed by atoms with Crippen LogP contribution in [-0.4, -0.2) is 35.4 Å². The molecular weight excluding hydrogens is 721 g/mol. The second-order valence-electron chi connectivity index (χ2n) is 12.3. The van der Waals surface area contributed by atoms with Gasteiger partial charge in [-0.2, -0.15) is 0 Å². The summed E-state index contributed by atoms with van der Waals surface area (Å²) in [4.78, 5) is 24.8. The van der Waals surface area contributed by atoms with E-state index in [0.717, 1.165) is 33.8 Å². The molecule has 0 saturated carbocycles. The number of nitrogens with one attached hydrogen (secondary N) is 4. The van der Waals surface area contributed by atoms with E-state index in [1.807, 2.05) is 123 Å². The minimum atomic E-state index is -0.360. The molecule has 6 rings (SSSR count). The average Bonchev–Trinajstić information content (AvgIpc) is 3.17. The number of ether oxygens (including phenoxy) is 4. The van der Waals surface area contributed by atoms with Crippen molar-refractivity contribution < 1.29 is 28.5 Å². The summed E-state index contributed by atoms with van der Waals surface area (Å²) in [5, 5.41) is 13.2. The van der Waals surface area contributed by atoms with Gasteiger partial charge in [0, 0.05) is 11.4 Å². The predicted molar refractivity (Wildman–Crippen MR) is 216 cm³/mol. The zero-order valence-electron chi connectivity index (χ0n) is 30.6. The minimum absolute atomic E-state index is 0.318. The number of hydrogen-bond donors (Lipinski definition) is 4. The first kappa shape index (κ1) is 39.5. The van der Waals surface area contributed by atoms with Crippen LogP contribution in [0.2, 0.25) is 0 Å². The van der Waals surface area contributed by atoms with Gasteiger partial charge in [-0.25, -0.2) is 9.59 Å². The standard InChI is InChI=1S/2C21H22N2O3S/c2*1-3-25-20(24)18-14(2)22-21(27)23-19(18)16-9-11-17(12-10-16)26-13-15-7-5-4-6-8-15/h2*4-12,19H,3,13H2,1-2H3,(H2,22,23,27)/t2*19-/m11/s1. The summed E-state index contributed by atoms with van der Waals surface area (Å²) in [6.07, 6.45) is 0. The van der Waals surface area contributed by atoms with Crippen LogP contribution in [0.25, 0.3) is 0 Å². The van der Waals surface area contributed by atoms with Crippen LogP contribution in [0, 0.1) is 0 Å². The highest BCUT2D eigenvalue weighted by molar-refractivity contribution is 7.80. The summed E-state index contributed by atoms with van der Waals surface area (Å²) in [7, 11) is 0. The maximum atomic E-state index is 12.4. The molecule has 4 N–H and O–H groups in total. The topological polar surface area (TPSA) is 119 Å². The molecule has 2 atom stereocenters. The largest absolute Gasteiger partial charge is 0.489 e. The molecule has 280 valence electrons. The van der Waals surface area contributed by atoms with Crippen molar-refractivity contribution in [2.75, 3.05) is 13.2 Å². The van der Waals surface area contributed by atoms with E-state index in [1.165, 1.54) is 0 Å². The lowest BCUT2D eigenvalue weighted by Gasteiger charge is -2.29. The molecular formula is C42H44N4O6S2. The lowest BCUT2D eigenvalue weighted by atomic mass is 9.95. The Balaban J connectivity index is 0.000000208. The van der Waals surface area contributed by atoms with E-state index in [4.69, 9.17) is 43.4 Å². The smallest absolute Gasteiger partial charge is 0.338 e. The van der Waals surface area contributed by atoms with Crippen LogP contribution in [0.1, 0.15) is 62.0 Å². The van der Waals surface area contributed by atoms with Gasteiger partial charge in [-0.05, 0) is 98.6 Å². The molecule has 2 aliphatic heterocycles. The van der Waals surface area contributed by atoms with Gasteiger partial charge in [-0.1, -0.05) is 84.9 Å². The highest BCUT2D eigenvalue weighted by atomic mass is 32.1. The van der Waals surface area contributed by atoms with Gasteiger partial charge >= 0.3 is 11.9 Å². The summed E-state index contributed by atoms with van der Waals surface area (Å²) in [6, 6.07) is 34.5. The van der Waals surface area contributed by atoms with Crippen LogP contribution >= 0.6 is 24.4 Å². The summed E-state index contributed by atoms with van der Waals surface area (Å²) in [5.41, 5.74) is 6.50. The van der Waals surface area contributed by atoms with Gasteiger partial charge < -0.3 is 40.2 Å². The molecule has 0 amide bonds. The molecule has 0 radical (unpaired) electrons. The fourth-order valence-corrected chi connectivity index (χ4v) is 6.38. The number of esters is 2. The fourth-order valence-electron chi connectivity index (χ4n) is 5.84. The Hall–Kier alpha value is -5.72. The van der Waals surface area contributed by atoms with Crippen molar-refractivity contribution in [1.29, 1.82) is 0 Å². The quantitative estimate of drug-likeness (QED) is 0.0861. The van der Waals surface area contributed by atoms with Crippen LogP contribution < -0.4 is 30.7 Å². The van der Waals surface area contributed by atoms with E-state index >= 15 is 0 Å². The van der Waals surface area contributed by atoms with Crippen molar-refractivity contribution in [2.45, 2.75) is 53.0 Å². The number of allylic oxidation sites excluding steroid dienone is 2. The molecule has 54 heavy (non-hydrogen) atoms. The molecule has 0 fully saturated rings. The Morgan fingerprint density at radius 1 is 0.556 bits per heavy atom. The molecule has 4 aromatic carbocycles. The Kier molecular flexibility index (Phi) is 14.2. The third-order valence-corrected chi connectivity index (χ3v) is 8.89. The Morgan fingerprint density at radius 2 is 0.907 bits per heavy atom. The van der Waals surface area contributed by atoms with Crippen molar-refractivity contribution in [3.8, 4) is 11.5 Å². The van der Waals surface area contributed by atoms with Gasteiger partial charge in [-0.3, -0.25) is 0 Å². The van der Waals surface area contributed by atoms with Gasteiger partial charge in [-0.15, -0.1) is 0 Å². The zero-order chi connectivity index (χ0) is 38.5. The normalized spacial score (nSPS) is 16.4. The third kappa shape index (κ3) is 10.7. The first-order valence-electron chi connectivity index (χ1n) is 17.6. The Labute approximate surface area is 326 Å². The van der Waals surface area contributed by atoms with Gasteiger partial charge in [0.2, 0.25) is 0 Å². The Morgan fingerprint density at radius 3 is 1.24 bits per heavy atom. The first-order valence-corrected chi connectivity index (χ1v) is 18.4. The molecule has 2 aliphatic rings. The molecule has 10 nitrogen and oxygen atoms in total. The van der Waals surface area contributed by atoms with E-state index in [0.29, 0.717) is 59.2 Å². The predicted octanol–water partition coefficient (Wildman–Crippen LogP) is 7.24. The number of carbonyl (C=O) groups is 2. The van der Waals surface area contributed by atoms with Crippen molar-refractivity contribution in [3.63, 3.8) is 0 Å². The third-order valence-electron chi connectivity index (χ3n) is 8.45. The molecule has 4 aromatic rings. The monoisotopic (exact) mass is 764 g/mol. The summed E-state index contributed by atoms with van der Waals surface area (Å²) in [5.74, 6) is 0.814. The van der Waals surface area contributed by atoms with E-state index in [-0.39, 0.29) is 24.0 Å². The molecule has 0 aliphatic carbocycles. The van der Waals surface area contributed by atoms with Crippen LogP contribution in [0.3, 0.4) is 0 Å². The SMILES string of the molecule is CCOC(=O)C1=C(C)NC(=S)N[C@@H]1c1ccc(OCc2ccccc2)cc1.CCOC(=O)C1=C(C)NC(=S)N[C@@H]1c1ccc(OCc2ccccc2)cc1. The minimum Gasteiger partial charge on any atom is -0.489 e. The van der Waals surface area contributed by atoms with Crippen LogP contribution in [-0.2, 0) is 32.3 Å². The van der Waals surface area contributed by atoms with Gasteiger partial charge in [0.25, 0.3) is 0 Å². The summed E-state index contributed by atoms with van der Waals surface area (Å²) in [6.45, 7) is 8.86. The van der Waals surface area contributed by atoms with Gasteiger partial charge in [0.1, 0.15) is 24.7 Å². The number of thiocarbonyl (C=S) groups is 2. The maximum Gasteiger partial charge on any atom is 0.338 e. The van der Waals surface area contributed by atoms with Crippen molar-refractivity contribution in [1.82, 2.24) is 21.3 Å². The molecule has 0 unspecified atom stereocenters. The van der Waals surface area contributed by atoms with Crippen molar-refractivity contribution >= 4 is 46.6 Å². The lowest BCUT2D eigenvalue weighted by molar-refractivity contribution is -0.140.